The Morgan fingerprint density at radius 1 is 1.14 bits per heavy atom. The smallest absolute Gasteiger partial charge is 0.224 e. The number of fused-ring (bicyclic) bond motifs is 1. The van der Waals surface area contributed by atoms with Crippen molar-refractivity contribution in [3.63, 3.8) is 0 Å². The molecule has 0 fully saturated rings. The molecule has 21 heavy (non-hydrogen) atoms. The zero-order chi connectivity index (χ0) is 15.1. The van der Waals surface area contributed by atoms with Crippen molar-refractivity contribution in [2.24, 2.45) is 0 Å². The average molecular weight is 286 g/mol. The molecule has 112 valence electrons. The Hall–Kier alpha value is -1.91. The quantitative estimate of drug-likeness (QED) is 0.676. The molecule has 0 aromatic heterocycles. The van der Waals surface area contributed by atoms with Gasteiger partial charge in [-0.05, 0) is 23.3 Å². The highest BCUT2D eigenvalue weighted by atomic mass is 16.3. The van der Waals surface area contributed by atoms with E-state index in [4.69, 9.17) is 5.11 Å². The third kappa shape index (κ3) is 5.17. The lowest BCUT2D eigenvalue weighted by molar-refractivity contribution is -0.120. The molecule has 0 saturated heterocycles. The molecule has 0 bridgehead atoms. The molecule has 0 aliphatic rings. The number of hydrogen-bond donors (Lipinski definition) is 3. The topological polar surface area (TPSA) is 61.4 Å². The summed E-state index contributed by atoms with van der Waals surface area (Å²) in [6, 6.07) is 14.2. The molecule has 2 aromatic rings. The first-order chi connectivity index (χ1) is 10.1. The van der Waals surface area contributed by atoms with E-state index in [0.717, 1.165) is 10.9 Å². The summed E-state index contributed by atoms with van der Waals surface area (Å²) in [4.78, 5) is 11.9. The number of rotatable bonds is 7. The predicted octanol–water partition coefficient (Wildman–Crippen LogP) is 1.47. The maximum Gasteiger partial charge on any atom is 0.224 e. The Morgan fingerprint density at radius 3 is 2.67 bits per heavy atom. The highest BCUT2D eigenvalue weighted by molar-refractivity contribution is 5.85. The Bertz CT molecular complexity index is 596. The van der Waals surface area contributed by atoms with Crippen LogP contribution in [0, 0.1) is 0 Å². The zero-order valence-corrected chi connectivity index (χ0v) is 12.3. The molecule has 3 N–H and O–H groups in total. The van der Waals surface area contributed by atoms with Gasteiger partial charge in [0.2, 0.25) is 5.91 Å². The van der Waals surface area contributed by atoms with E-state index in [1.807, 2.05) is 24.3 Å². The van der Waals surface area contributed by atoms with Gasteiger partial charge in [-0.15, -0.1) is 0 Å². The SMILES string of the molecule is CC(O)CNCCNC(=O)Cc1ccc2ccccc2c1. The van der Waals surface area contributed by atoms with Crippen molar-refractivity contribution in [2.45, 2.75) is 19.4 Å². The second-order valence-electron chi connectivity index (χ2n) is 5.26. The zero-order valence-electron chi connectivity index (χ0n) is 12.3. The fourth-order valence-corrected chi connectivity index (χ4v) is 2.20. The van der Waals surface area contributed by atoms with Crippen LogP contribution >= 0.6 is 0 Å². The van der Waals surface area contributed by atoms with Crippen molar-refractivity contribution in [2.75, 3.05) is 19.6 Å². The molecule has 0 heterocycles. The number of carbonyl (C=O) groups is 1. The number of aliphatic hydroxyl groups is 1. The summed E-state index contributed by atoms with van der Waals surface area (Å²) in [5.41, 5.74) is 1.02. The highest BCUT2D eigenvalue weighted by Crippen LogP contribution is 2.15. The fourth-order valence-electron chi connectivity index (χ4n) is 2.20. The molecule has 0 aliphatic heterocycles. The highest BCUT2D eigenvalue weighted by Gasteiger charge is 2.03. The second kappa shape index (κ2) is 7.76. The fraction of sp³-hybridized carbons (Fsp3) is 0.353. The Kier molecular flexibility index (Phi) is 5.72. The second-order valence-corrected chi connectivity index (χ2v) is 5.26. The first-order valence-electron chi connectivity index (χ1n) is 7.28. The normalized spacial score (nSPS) is 12.3. The molecule has 0 saturated carbocycles. The largest absolute Gasteiger partial charge is 0.392 e. The van der Waals surface area contributed by atoms with Gasteiger partial charge < -0.3 is 15.7 Å². The van der Waals surface area contributed by atoms with E-state index in [0.29, 0.717) is 26.1 Å². The third-order valence-corrected chi connectivity index (χ3v) is 3.24. The maximum atomic E-state index is 11.9. The van der Waals surface area contributed by atoms with E-state index in [2.05, 4.69) is 28.8 Å². The number of amides is 1. The van der Waals surface area contributed by atoms with E-state index in [1.54, 1.807) is 6.92 Å². The number of aliphatic hydroxyl groups excluding tert-OH is 1. The molecular weight excluding hydrogens is 264 g/mol. The lowest BCUT2D eigenvalue weighted by Gasteiger charge is -2.08. The predicted molar refractivity (Wildman–Crippen MR) is 85.2 cm³/mol. The number of benzene rings is 2. The first kappa shape index (κ1) is 15.5. The summed E-state index contributed by atoms with van der Waals surface area (Å²) < 4.78 is 0. The molecule has 1 atom stereocenters. The molecule has 2 rings (SSSR count). The summed E-state index contributed by atoms with van der Waals surface area (Å²) in [6.45, 7) is 3.50. The van der Waals surface area contributed by atoms with Crippen LogP contribution < -0.4 is 10.6 Å². The molecule has 4 nitrogen and oxygen atoms in total. The third-order valence-electron chi connectivity index (χ3n) is 3.24. The lowest BCUT2D eigenvalue weighted by atomic mass is 10.1. The Labute approximate surface area is 125 Å². The molecular formula is C17H22N2O2. The van der Waals surface area contributed by atoms with Crippen LogP contribution in [0.4, 0.5) is 0 Å². The monoisotopic (exact) mass is 286 g/mol. The minimum Gasteiger partial charge on any atom is -0.392 e. The molecule has 4 heteroatoms. The van der Waals surface area contributed by atoms with Gasteiger partial charge in [-0.25, -0.2) is 0 Å². The summed E-state index contributed by atoms with van der Waals surface area (Å²) in [7, 11) is 0. The molecule has 2 aromatic carbocycles. The van der Waals surface area contributed by atoms with Gasteiger partial charge in [0.05, 0.1) is 12.5 Å². The minimum absolute atomic E-state index is 0.0177. The summed E-state index contributed by atoms with van der Waals surface area (Å²) in [5, 5.41) is 17.4. The van der Waals surface area contributed by atoms with Crippen LogP contribution in [0.25, 0.3) is 10.8 Å². The van der Waals surface area contributed by atoms with Gasteiger partial charge in [-0.1, -0.05) is 42.5 Å². The minimum atomic E-state index is -0.363. The molecule has 0 radical (unpaired) electrons. The van der Waals surface area contributed by atoms with Crippen LogP contribution in [0.1, 0.15) is 12.5 Å². The number of carbonyl (C=O) groups excluding carboxylic acids is 1. The van der Waals surface area contributed by atoms with E-state index in [-0.39, 0.29) is 12.0 Å². The molecule has 1 unspecified atom stereocenters. The summed E-state index contributed by atoms with van der Waals surface area (Å²) in [6.07, 6.45) is 0.0274. The number of hydrogen-bond acceptors (Lipinski definition) is 3. The van der Waals surface area contributed by atoms with Crippen molar-refractivity contribution >= 4 is 16.7 Å². The van der Waals surface area contributed by atoms with Crippen molar-refractivity contribution in [3.8, 4) is 0 Å². The van der Waals surface area contributed by atoms with Crippen molar-refractivity contribution in [1.29, 1.82) is 0 Å². The standard InChI is InChI=1S/C17H22N2O2/c1-13(20)12-18-8-9-19-17(21)11-14-6-7-15-4-2-3-5-16(15)10-14/h2-7,10,13,18,20H,8-9,11-12H2,1H3,(H,19,21). The van der Waals surface area contributed by atoms with Crippen LogP contribution in [0.5, 0.6) is 0 Å². The Morgan fingerprint density at radius 2 is 1.90 bits per heavy atom. The van der Waals surface area contributed by atoms with Crippen LogP contribution in [0.3, 0.4) is 0 Å². The van der Waals surface area contributed by atoms with Crippen molar-refractivity contribution in [1.82, 2.24) is 10.6 Å². The summed E-state index contributed by atoms with van der Waals surface area (Å²) in [5.74, 6) is 0.0177. The Balaban J connectivity index is 1.78. The first-order valence-corrected chi connectivity index (χ1v) is 7.28. The van der Waals surface area contributed by atoms with E-state index >= 15 is 0 Å². The lowest BCUT2D eigenvalue weighted by Crippen LogP contribution is -2.35. The van der Waals surface area contributed by atoms with Gasteiger partial charge in [0.25, 0.3) is 0 Å². The van der Waals surface area contributed by atoms with Crippen LogP contribution in [-0.4, -0.2) is 36.8 Å². The molecule has 1 amide bonds. The van der Waals surface area contributed by atoms with Gasteiger partial charge in [0, 0.05) is 19.6 Å². The molecule has 0 aliphatic carbocycles. The van der Waals surface area contributed by atoms with Gasteiger partial charge in [-0.2, -0.15) is 0 Å². The van der Waals surface area contributed by atoms with Crippen LogP contribution in [0.2, 0.25) is 0 Å². The molecule has 0 spiro atoms. The van der Waals surface area contributed by atoms with Gasteiger partial charge in [0.1, 0.15) is 0 Å². The van der Waals surface area contributed by atoms with Crippen molar-refractivity contribution < 1.29 is 9.90 Å². The van der Waals surface area contributed by atoms with Gasteiger partial charge in [0.15, 0.2) is 0 Å². The van der Waals surface area contributed by atoms with Gasteiger partial charge >= 0.3 is 0 Å². The summed E-state index contributed by atoms with van der Waals surface area (Å²) >= 11 is 0. The number of nitrogens with one attached hydrogen (secondary N) is 2. The van der Waals surface area contributed by atoms with E-state index < -0.39 is 0 Å². The van der Waals surface area contributed by atoms with Crippen LogP contribution in [0.15, 0.2) is 42.5 Å². The van der Waals surface area contributed by atoms with Gasteiger partial charge in [-0.3, -0.25) is 4.79 Å². The van der Waals surface area contributed by atoms with Crippen molar-refractivity contribution in [3.05, 3.63) is 48.0 Å². The average Bonchev–Trinajstić information content (AvgIpc) is 2.46. The maximum absolute atomic E-state index is 11.9. The van der Waals surface area contributed by atoms with E-state index in [9.17, 15) is 4.79 Å². The van der Waals surface area contributed by atoms with Crippen LogP contribution in [-0.2, 0) is 11.2 Å². The van der Waals surface area contributed by atoms with E-state index in [1.165, 1.54) is 5.39 Å².